The third kappa shape index (κ3) is 7.26. The third-order valence-electron chi connectivity index (χ3n) is 2.60. The van der Waals surface area contributed by atoms with Crippen LogP contribution < -0.4 is 10.1 Å². The van der Waals surface area contributed by atoms with E-state index < -0.39 is 12.8 Å². The van der Waals surface area contributed by atoms with E-state index in [1.807, 2.05) is 0 Å². The summed E-state index contributed by atoms with van der Waals surface area (Å²) in [6.45, 7) is 3.25. The van der Waals surface area contributed by atoms with Gasteiger partial charge in [0.25, 0.3) is 0 Å². The number of hydrogen-bond acceptors (Lipinski definition) is 5. The molecule has 5 nitrogen and oxygen atoms in total. The highest BCUT2D eigenvalue weighted by Crippen LogP contribution is 2.20. The molecule has 0 bridgehead atoms. The largest absolute Gasteiger partial charge is 0.468 e. The maximum atomic E-state index is 12.1. The van der Waals surface area contributed by atoms with Gasteiger partial charge in [-0.05, 0) is 25.5 Å². The van der Waals surface area contributed by atoms with E-state index in [1.165, 1.54) is 6.20 Å². The van der Waals surface area contributed by atoms with E-state index in [0.29, 0.717) is 25.3 Å². The highest BCUT2D eigenvalue weighted by atomic mass is 19.4. The molecule has 124 valence electrons. The second-order valence-electron chi connectivity index (χ2n) is 4.60. The van der Waals surface area contributed by atoms with Crippen molar-refractivity contribution in [3.05, 3.63) is 23.4 Å². The molecule has 8 heteroatoms. The molecular formula is C14H19F3N2O3. The summed E-state index contributed by atoms with van der Waals surface area (Å²) >= 11 is 0. The molecule has 0 spiro atoms. The van der Waals surface area contributed by atoms with Crippen molar-refractivity contribution >= 4 is 5.97 Å². The highest BCUT2D eigenvalue weighted by Gasteiger charge is 2.28. The molecule has 0 aliphatic carbocycles. The summed E-state index contributed by atoms with van der Waals surface area (Å²) in [5.41, 5.74) is 1.31. The minimum absolute atomic E-state index is 0.0346. The van der Waals surface area contributed by atoms with Crippen LogP contribution in [0, 0.1) is 6.92 Å². The molecule has 0 aliphatic rings. The van der Waals surface area contributed by atoms with E-state index in [2.05, 4.69) is 15.0 Å². The number of nitrogens with one attached hydrogen (secondary N) is 1. The number of rotatable bonds is 8. The maximum absolute atomic E-state index is 12.1. The zero-order valence-corrected chi connectivity index (χ0v) is 12.5. The topological polar surface area (TPSA) is 60.5 Å². The lowest BCUT2D eigenvalue weighted by molar-refractivity contribution is -0.154. The fraction of sp³-hybridized carbons (Fsp3) is 0.571. The lowest BCUT2D eigenvalue weighted by Crippen LogP contribution is -2.21. The summed E-state index contributed by atoms with van der Waals surface area (Å²) in [4.78, 5) is 15.0. The molecule has 22 heavy (non-hydrogen) atoms. The monoisotopic (exact) mass is 320 g/mol. The first kappa shape index (κ1) is 18.2. The van der Waals surface area contributed by atoms with Crippen molar-refractivity contribution < 1.29 is 27.4 Å². The van der Waals surface area contributed by atoms with Crippen molar-refractivity contribution in [1.82, 2.24) is 10.3 Å². The maximum Gasteiger partial charge on any atom is 0.422 e. The molecule has 0 radical (unpaired) electrons. The Morgan fingerprint density at radius 1 is 1.41 bits per heavy atom. The molecule has 0 aromatic carbocycles. The van der Waals surface area contributed by atoms with E-state index in [4.69, 9.17) is 4.74 Å². The smallest absolute Gasteiger partial charge is 0.422 e. The number of alkyl halides is 3. The van der Waals surface area contributed by atoms with Crippen molar-refractivity contribution in [1.29, 1.82) is 0 Å². The normalized spacial score (nSPS) is 11.3. The van der Waals surface area contributed by atoms with Crippen LogP contribution in [0.15, 0.2) is 12.3 Å². The van der Waals surface area contributed by atoms with Gasteiger partial charge in [-0.1, -0.05) is 0 Å². The summed E-state index contributed by atoms with van der Waals surface area (Å²) in [6, 6.07) is 1.69. The van der Waals surface area contributed by atoms with E-state index >= 15 is 0 Å². The number of aromatic nitrogens is 1. The van der Waals surface area contributed by atoms with Crippen molar-refractivity contribution in [2.75, 3.05) is 19.8 Å². The van der Waals surface area contributed by atoms with Crippen LogP contribution in [0.5, 0.6) is 5.88 Å². The number of carbonyl (C=O) groups excluding carboxylic acids is 1. The number of carbonyl (C=O) groups is 1. The molecule has 0 atom stereocenters. The van der Waals surface area contributed by atoms with Crippen LogP contribution in [0.2, 0.25) is 0 Å². The minimum Gasteiger partial charge on any atom is -0.468 e. The molecule has 0 unspecified atom stereocenters. The van der Waals surface area contributed by atoms with Gasteiger partial charge in [0.05, 0.1) is 13.0 Å². The number of pyridine rings is 1. The highest BCUT2D eigenvalue weighted by molar-refractivity contribution is 5.69. The summed E-state index contributed by atoms with van der Waals surface area (Å²) in [5.74, 6) is -0.312. The number of hydrogen-bond donors (Lipinski definition) is 1. The number of halogens is 3. The average Bonchev–Trinajstić information content (AvgIpc) is 2.42. The third-order valence-corrected chi connectivity index (χ3v) is 2.60. The molecule has 0 saturated heterocycles. The van der Waals surface area contributed by atoms with Gasteiger partial charge in [0.15, 0.2) is 6.61 Å². The quantitative estimate of drug-likeness (QED) is 0.589. The van der Waals surface area contributed by atoms with Gasteiger partial charge in [-0.3, -0.25) is 4.79 Å². The Morgan fingerprint density at radius 3 is 2.73 bits per heavy atom. The van der Waals surface area contributed by atoms with E-state index in [-0.39, 0.29) is 18.3 Å². The van der Waals surface area contributed by atoms with Crippen LogP contribution >= 0.6 is 0 Å². The number of nitrogens with zero attached hydrogens (tertiary/aromatic N) is 1. The molecule has 0 aliphatic heterocycles. The SMILES string of the molecule is CCOC(=O)CCNCc1cnc(OCC(F)(F)F)c(C)c1. The van der Waals surface area contributed by atoms with Gasteiger partial charge in [0.1, 0.15) is 0 Å². The predicted molar refractivity (Wildman–Crippen MR) is 73.5 cm³/mol. The summed E-state index contributed by atoms with van der Waals surface area (Å²) in [7, 11) is 0. The number of ether oxygens (including phenoxy) is 2. The Hall–Kier alpha value is -1.83. The van der Waals surface area contributed by atoms with Crippen molar-refractivity contribution in [3.8, 4) is 5.88 Å². The van der Waals surface area contributed by atoms with Crippen LogP contribution in [-0.4, -0.2) is 36.9 Å². The van der Waals surface area contributed by atoms with E-state index in [0.717, 1.165) is 5.56 Å². The first-order valence-electron chi connectivity index (χ1n) is 6.83. The lowest BCUT2D eigenvalue weighted by atomic mass is 10.2. The summed E-state index contributed by atoms with van der Waals surface area (Å²) in [6.07, 6.45) is -2.69. The Labute approximate surface area is 126 Å². The summed E-state index contributed by atoms with van der Waals surface area (Å²) < 4.78 is 45.6. The standard InChI is InChI=1S/C14H19F3N2O3/c1-3-21-12(20)4-5-18-7-11-6-10(2)13(19-8-11)22-9-14(15,16)17/h6,8,18H,3-5,7,9H2,1-2H3. The van der Waals surface area contributed by atoms with Crippen molar-refractivity contribution in [2.24, 2.45) is 0 Å². The minimum atomic E-state index is -4.39. The Balaban J connectivity index is 2.40. The Kier molecular flexibility index (Phi) is 7.10. The molecule has 1 aromatic heterocycles. The predicted octanol–water partition coefficient (Wildman–Crippen LogP) is 2.37. The van der Waals surface area contributed by atoms with Gasteiger partial charge < -0.3 is 14.8 Å². The summed E-state index contributed by atoms with van der Waals surface area (Å²) in [5, 5.41) is 3.03. The Bertz CT molecular complexity index is 493. The van der Waals surface area contributed by atoms with Crippen LogP contribution in [0.1, 0.15) is 24.5 Å². The lowest BCUT2D eigenvalue weighted by Gasteiger charge is -2.11. The van der Waals surface area contributed by atoms with Crippen LogP contribution in [0.4, 0.5) is 13.2 Å². The van der Waals surface area contributed by atoms with E-state index in [9.17, 15) is 18.0 Å². The second-order valence-corrected chi connectivity index (χ2v) is 4.60. The van der Waals surface area contributed by atoms with Gasteiger partial charge >= 0.3 is 12.1 Å². The van der Waals surface area contributed by atoms with Gasteiger partial charge in [-0.25, -0.2) is 4.98 Å². The first-order chi connectivity index (χ1) is 10.3. The fourth-order valence-corrected chi connectivity index (χ4v) is 1.67. The molecular weight excluding hydrogens is 301 g/mol. The molecule has 0 fully saturated rings. The fourth-order valence-electron chi connectivity index (χ4n) is 1.67. The van der Waals surface area contributed by atoms with Gasteiger partial charge in [-0.2, -0.15) is 13.2 Å². The van der Waals surface area contributed by atoms with Gasteiger partial charge in [0, 0.05) is 24.8 Å². The molecule has 1 heterocycles. The Morgan fingerprint density at radius 2 is 2.14 bits per heavy atom. The van der Waals surface area contributed by atoms with Crippen LogP contribution in [-0.2, 0) is 16.1 Å². The zero-order chi connectivity index (χ0) is 16.6. The van der Waals surface area contributed by atoms with E-state index in [1.54, 1.807) is 19.9 Å². The van der Waals surface area contributed by atoms with Crippen LogP contribution in [0.3, 0.4) is 0 Å². The molecule has 0 amide bonds. The molecule has 1 aromatic rings. The van der Waals surface area contributed by atoms with Crippen LogP contribution in [0.25, 0.3) is 0 Å². The molecule has 0 saturated carbocycles. The van der Waals surface area contributed by atoms with Crippen molar-refractivity contribution in [2.45, 2.75) is 33.0 Å². The van der Waals surface area contributed by atoms with Gasteiger partial charge in [0.2, 0.25) is 5.88 Å². The van der Waals surface area contributed by atoms with Gasteiger partial charge in [-0.15, -0.1) is 0 Å². The molecule has 1 N–H and O–H groups in total. The number of aryl methyl sites for hydroxylation is 1. The first-order valence-corrected chi connectivity index (χ1v) is 6.83. The van der Waals surface area contributed by atoms with Crippen molar-refractivity contribution in [3.63, 3.8) is 0 Å². The number of esters is 1. The zero-order valence-electron chi connectivity index (χ0n) is 12.5. The average molecular weight is 320 g/mol. The molecule has 1 rings (SSSR count). The second kappa shape index (κ2) is 8.57.